The molecule has 3 rings (SSSR count). The maximum absolute atomic E-state index is 13.6. The van der Waals surface area contributed by atoms with E-state index in [1.165, 1.54) is 6.07 Å². The summed E-state index contributed by atoms with van der Waals surface area (Å²) in [5.74, 6) is -0.453. The summed E-state index contributed by atoms with van der Waals surface area (Å²) >= 11 is 0. The van der Waals surface area contributed by atoms with Gasteiger partial charge in [0.05, 0.1) is 5.69 Å². The van der Waals surface area contributed by atoms with Gasteiger partial charge in [0, 0.05) is 30.8 Å². The highest BCUT2D eigenvalue weighted by Crippen LogP contribution is 2.30. The van der Waals surface area contributed by atoms with Crippen LogP contribution in [0.2, 0.25) is 0 Å². The van der Waals surface area contributed by atoms with Crippen LogP contribution in [0, 0.1) is 26.6 Å². The minimum atomic E-state index is -0.448. The van der Waals surface area contributed by atoms with Crippen molar-refractivity contribution in [1.82, 2.24) is 14.7 Å². The molecule has 1 unspecified atom stereocenters. The van der Waals surface area contributed by atoms with Gasteiger partial charge in [-0.15, -0.1) is 0 Å². The van der Waals surface area contributed by atoms with Crippen LogP contribution in [-0.4, -0.2) is 38.8 Å². The zero-order chi connectivity index (χ0) is 18.1. The number of aromatic nitrogens is 2. The van der Waals surface area contributed by atoms with E-state index in [0.29, 0.717) is 13.1 Å². The van der Waals surface area contributed by atoms with E-state index >= 15 is 0 Å². The predicted octanol–water partition coefficient (Wildman–Crippen LogP) is 3.06. The predicted molar refractivity (Wildman–Crippen MR) is 93.1 cm³/mol. The van der Waals surface area contributed by atoms with Gasteiger partial charge >= 0.3 is 0 Å². The number of phenols is 1. The Bertz CT molecular complexity index is 780. The van der Waals surface area contributed by atoms with Crippen LogP contribution in [0.25, 0.3) is 0 Å². The minimum absolute atomic E-state index is 0.0240. The molecule has 134 valence electrons. The van der Waals surface area contributed by atoms with Crippen LogP contribution < -0.4 is 0 Å². The van der Waals surface area contributed by atoms with E-state index in [-0.39, 0.29) is 24.1 Å². The average molecular weight is 345 g/mol. The number of likely N-dealkylation sites (tertiary alicyclic amines) is 1. The molecular weight excluding hydrogens is 321 g/mol. The minimum Gasteiger partial charge on any atom is -0.508 e. The molecule has 0 saturated carbocycles. The lowest BCUT2D eigenvalue weighted by atomic mass is 9.90. The summed E-state index contributed by atoms with van der Waals surface area (Å²) in [6.45, 7) is 7.39. The third kappa shape index (κ3) is 3.67. The lowest BCUT2D eigenvalue weighted by molar-refractivity contribution is -0.133. The van der Waals surface area contributed by atoms with Gasteiger partial charge in [0.1, 0.15) is 18.1 Å². The van der Waals surface area contributed by atoms with Crippen molar-refractivity contribution in [2.75, 3.05) is 13.1 Å². The molecule has 1 atom stereocenters. The molecule has 1 saturated heterocycles. The van der Waals surface area contributed by atoms with Crippen molar-refractivity contribution in [3.05, 3.63) is 46.5 Å². The Morgan fingerprint density at radius 1 is 1.32 bits per heavy atom. The van der Waals surface area contributed by atoms with Crippen LogP contribution in [0.3, 0.4) is 0 Å². The topological polar surface area (TPSA) is 58.4 Å². The molecule has 0 bridgehead atoms. The van der Waals surface area contributed by atoms with Gasteiger partial charge in [0.25, 0.3) is 0 Å². The van der Waals surface area contributed by atoms with Gasteiger partial charge in [-0.05, 0) is 56.9 Å². The first-order chi connectivity index (χ1) is 11.8. The van der Waals surface area contributed by atoms with Crippen LogP contribution in [0.1, 0.15) is 41.3 Å². The van der Waals surface area contributed by atoms with E-state index in [4.69, 9.17) is 0 Å². The number of amides is 1. The van der Waals surface area contributed by atoms with E-state index in [2.05, 4.69) is 5.10 Å². The molecule has 5 nitrogen and oxygen atoms in total. The summed E-state index contributed by atoms with van der Waals surface area (Å²) in [7, 11) is 0. The highest BCUT2D eigenvalue weighted by atomic mass is 19.1. The lowest BCUT2D eigenvalue weighted by Crippen LogP contribution is -2.41. The van der Waals surface area contributed by atoms with Gasteiger partial charge in [0.15, 0.2) is 0 Å². The molecule has 1 aliphatic rings. The SMILES string of the molecule is Cc1nn(CC(=O)N2CCCC(c3cc(O)cc(F)c3)C2)c(C)c1C. The van der Waals surface area contributed by atoms with Gasteiger partial charge in [-0.1, -0.05) is 0 Å². The monoisotopic (exact) mass is 345 g/mol. The number of hydrogen-bond acceptors (Lipinski definition) is 3. The average Bonchev–Trinajstić information content (AvgIpc) is 2.81. The second-order valence-corrected chi connectivity index (χ2v) is 6.88. The van der Waals surface area contributed by atoms with E-state index < -0.39 is 5.82 Å². The van der Waals surface area contributed by atoms with Crippen molar-refractivity contribution in [2.45, 2.75) is 46.1 Å². The summed E-state index contributed by atoms with van der Waals surface area (Å²) in [6, 6.07) is 4.13. The number of carbonyl (C=O) groups is 1. The maximum atomic E-state index is 13.6. The number of rotatable bonds is 3. The fourth-order valence-electron chi connectivity index (χ4n) is 3.48. The largest absolute Gasteiger partial charge is 0.508 e. The molecule has 2 heterocycles. The smallest absolute Gasteiger partial charge is 0.244 e. The molecule has 0 aliphatic carbocycles. The summed E-state index contributed by atoms with van der Waals surface area (Å²) in [5.41, 5.74) is 3.81. The summed E-state index contributed by atoms with van der Waals surface area (Å²) in [6.07, 6.45) is 1.75. The molecular formula is C19H24FN3O2. The van der Waals surface area contributed by atoms with E-state index in [1.807, 2.05) is 25.7 Å². The van der Waals surface area contributed by atoms with Crippen molar-refractivity contribution in [2.24, 2.45) is 0 Å². The van der Waals surface area contributed by atoms with Crippen molar-refractivity contribution in [1.29, 1.82) is 0 Å². The fraction of sp³-hybridized carbons (Fsp3) is 0.474. The van der Waals surface area contributed by atoms with E-state index in [0.717, 1.165) is 41.4 Å². The third-order valence-electron chi connectivity index (χ3n) is 5.18. The zero-order valence-electron chi connectivity index (χ0n) is 14.9. The Kier molecular flexibility index (Phi) is 4.79. The van der Waals surface area contributed by atoms with Gasteiger partial charge in [-0.2, -0.15) is 5.10 Å². The lowest BCUT2D eigenvalue weighted by Gasteiger charge is -2.33. The van der Waals surface area contributed by atoms with Gasteiger partial charge in [-0.3, -0.25) is 9.48 Å². The summed E-state index contributed by atoms with van der Waals surface area (Å²) < 4.78 is 15.3. The number of aryl methyl sites for hydroxylation is 1. The first kappa shape index (κ1) is 17.5. The van der Waals surface area contributed by atoms with Crippen molar-refractivity contribution < 1.29 is 14.3 Å². The molecule has 1 aliphatic heterocycles. The first-order valence-electron chi connectivity index (χ1n) is 8.63. The number of phenolic OH excluding ortho intramolecular Hbond substituents is 1. The molecule has 2 aromatic rings. The molecule has 1 aromatic heterocycles. The molecule has 0 spiro atoms. The first-order valence-corrected chi connectivity index (χ1v) is 8.63. The summed E-state index contributed by atoms with van der Waals surface area (Å²) in [4.78, 5) is 14.5. The van der Waals surface area contributed by atoms with Crippen LogP contribution in [-0.2, 0) is 11.3 Å². The number of aromatic hydroxyl groups is 1. The Hall–Kier alpha value is -2.37. The van der Waals surface area contributed by atoms with Crippen LogP contribution in [0.4, 0.5) is 4.39 Å². The van der Waals surface area contributed by atoms with Crippen molar-refractivity contribution in [3.63, 3.8) is 0 Å². The number of piperidine rings is 1. The van der Waals surface area contributed by atoms with Gasteiger partial charge < -0.3 is 10.0 Å². The Morgan fingerprint density at radius 3 is 2.72 bits per heavy atom. The number of carbonyl (C=O) groups excluding carboxylic acids is 1. The number of nitrogens with zero attached hydrogens (tertiary/aromatic N) is 3. The fourth-order valence-corrected chi connectivity index (χ4v) is 3.48. The molecule has 1 aromatic carbocycles. The Morgan fingerprint density at radius 2 is 2.08 bits per heavy atom. The van der Waals surface area contributed by atoms with Gasteiger partial charge in [-0.25, -0.2) is 4.39 Å². The number of benzene rings is 1. The molecule has 6 heteroatoms. The molecule has 1 N–H and O–H groups in total. The molecule has 25 heavy (non-hydrogen) atoms. The van der Waals surface area contributed by atoms with Gasteiger partial charge in [0.2, 0.25) is 5.91 Å². The maximum Gasteiger partial charge on any atom is 0.244 e. The van der Waals surface area contributed by atoms with Crippen LogP contribution in [0.5, 0.6) is 5.75 Å². The number of halogens is 1. The Balaban J connectivity index is 1.72. The number of hydrogen-bond donors (Lipinski definition) is 1. The van der Waals surface area contributed by atoms with E-state index in [1.54, 1.807) is 10.7 Å². The van der Waals surface area contributed by atoms with Crippen LogP contribution >= 0.6 is 0 Å². The second-order valence-electron chi connectivity index (χ2n) is 6.88. The van der Waals surface area contributed by atoms with Crippen molar-refractivity contribution in [3.8, 4) is 5.75 Å². The van der Waals surface area contributed by atoms with Crippen molar-refractivity contribution >= 4 is 5.91 Å². The highest BCUT2D eigenvalue weighted by molar-refractivity contribution is 5.76. The molecule has 1 fully saturated rings. The third-order valence-corrected chi connectivity index (χ3v) is 5.18. The highest BCUT2D eigenvalue weighted by Gasteiger charge is 2.26. The molecule has 0 radical (unpaired) electrons. The zero-order valence-corrected chi connectivity index (χ0v) is 14.9. The summed E-state index contributed by atoms with van der Waals surface area (Å²) in [5, 5.41) is 14.1. The van der Waals surface area contributed by atoms with E-state index in [9.17, 15) is 14.3 Å². The molecule has 1 amide bonds. The second kappa shape index (κ2) is 6.86. The quantitative estimate of drug-likeness (QED) is 0.930. The normalized spacial score (nSPS) is 17.8. The standard InChI is InChI=1S/C19H24FN3O2/c1-12-13(2)21-23(14(12)3)11-19(25)22-6-4-5-15(10-22)16-7-17(20)9-18(24)8-16/h7-9,15,24H,4-6,10-11H2,1-3H3. The van der Waals surface area contributed by atoms with Crippen LogP contribution in [0.15, 0.2) is 18.2 Å². The Labute approximate surface area is 147 Å².